The first-order valence-electron chi connectivity index (χ1n) is 17.1. The molecule has 230 valence electrons. The van der Waals surface area contributed by atoms with E-state index in [9.17, 15) is 0 Å². The Kier molecular flexibility index (Phi) is 6.38. The fourth-order valence-corrected chi connectivity index (χ4v) is 8.06. The third-order valence-corrected chi connectivity index (χ3v) is 10.3. The van der Waals surface area contributed by atoms with Crippen LogP contribution in [0.4, 0.5) is 0 Å². The van der Waals surface area contributed by atoms with Gasteiger partial charge in [-0.05, 0) is 120 Å². The van der Waals surface area contributed by atoms with Gasteiger partial charge in [-0.1, -0.05) is 140 Å². The molecule has 9 aromatic rings. The molecular weight excluding hydrogens is 593 g/mol. The predicted octanol–water partition coefficient (Wildman–Crippen LogP) is 13.6. The van der Waals surface area contributed by atoms with Crippen molar-refractivity contribution in [1.29, 1.82) is 0 Å². The number of hydrogen-bond donors (Lipinski definition) is 0. The maximum absolute atomic E-state index is 6.20. The van der Waals surface area contributed by atoms with Gasteiger partial charge in [-0.2, -0.15) is 0 Å². The van der Waals surface area contributed by atoms with Crippen LogP contribution in [0.25, 0.3) is 87.7 Å². The Morgan fingerprint density at radius 1 is 0.388 bits per heavy atom. The lowest BCUT2D eigenvalue weighted by molar-refractivity contribution is 0.669. The summed E-state index contributed by atoms with van der Waals surface area (Å²) in [5.74, 6) is 0. The number of furan rings is 1. The van der Waals surface area contributed by atoms with Gasteiger partial charge in [-0.3, -0.25) is 0 Å². The molecule has 1 nitrogen and oxygen atoms in total. The lowest BCUT2D eigenvalue weighted by Gasteiger charge is -2.22. The molecule has 0 atom stereocenters. The Bertz CT molecular complexity index is 2770. The molecule has 0 fully saturated rings. The van der Waals surface area contributed by atoms with Crippen molar-refractivity contribution in [3.63, 3.8) is 0 Å². The summed E-state index contributed by atoms with van der Waals surface area (Å²) < 4.78 is 6.20. The molecule has 0 N–H and O–H groups in total. The minimum Gasteiger partial charge on any atom is -0.456 e. The number of para-hydroxylation sites is 1. The Morgan fingerprint density at radius 2 is 1.00 bits per heavy atom. The number of fused-ring (bicyclic) bond motifs is 6. The average molecular weight is 625 g/mol. The monoisotopic (exact) mass is 624 g/mol. The summed E-state index contributed by atoms with van der Waals surface area (Å²) in [5, 5.41) is 9.96. The first kappa shape index (κ1) is 27.9. The van der Waals surface area contributed by atoms with Crippen molar-refractivity contribution in [1.82, 2.24) is 0 Å². The third kappa shape index (κ3) is 4.54. The van der Waals surface area contributed by atoms with Gasteiger partial charge in [-0.15, -0.1) is 0 Å². The largest absolute Gasteiger partial charge is 0.456 e. The molecule has 0 amide bonds. The zero-order valence-electron chi connectivity index (χ0n) is 27.0. The van der Waals surface area contributed by atoms with Crippen LogP contribution in [0.5, 0.6) is 0 Å². The molecule has 1 aliphatic carbocycles. The molecule has 0 unspecified atom stereocenters. The van der Waals surface area contributed by atoms with E-state index in [1.165, 1.54) is 87.6 Å². The van der Waals surface area contributed by atoms with Crippen molar-refractivity contribution in [2.75, 3.05) is 0 Å². The Hall–Kier alpha value is -6.18. The summed E-state index contributed by atoms with van der Waals surface area (Å²) in [6.45, 7) is 0. The van der Waals surface area contributed by atoms with Crippen LogP contribution in [0.15, 0.2) is 174 Å². The van der Waals surface area contributed by atoms with Gasteiger partial charge in [0.2, 0.25) is 0 Å². The standard InChI is InChI=1S/C48H32O/c1-2-13-32-28-34(25-24-31(32)12-1)33-14-11-15-36(29-33)47-40-19-5-7-21-42(40)48(43-22-8-6-20-41(43)47)39-18-4-3-16-37(39)35-26-27-46-44(30-35)38-17-9-10-23-45(38)49-46/h1-2,4-15,17-30H,3,16H2. The highest BCUT2D eigenvalue weighted by Crippen LogP contribution is 2.46. The number of allylic oxidation sites excluding steroid dienone is 4. The molecular formula is C48H32O. The van der Waals surface area contributed by atoms with E-state index in [2.05, 4.69) is 164 Å². The van der Waals surface area contributed by atoms with E-state index in [4.69, 9.17) is 4.42 Å². The molecule has 0 aliphatic heterocycles. The smallest absolute Gasteiger partial charge is 0.135 e. The summed E-state index contributed by atoms with van der Waals surface area (Å²) in [4.78, 5) is 0. The summed E-state index contributed by atoms with van der Waals surface area (Å²) in [5.41, 5.74) is 12.1. The van der Waals surface area contributed by atoms with Gasteiger partial charge in [-0.25, -0.2) is 0 Å². The summed E-state index contributed by atoms with van der Waals surface area (Å²) >= 11 is 0. The van der Waals surface area contributed by atoms with Crippen LogP contribution < -0.4 is 0 Å². The van der Waals surface area contributed by atoms with E-state index in [0.29, 0.717) is 0 Å². The van der Waals surface area contributed by atoms with Crippen LogP contribution in [0.2, 0.25) is 0 Å². The fourth-order valence-electron chi connectivity index (χ4n) is 8.06. The molecule has 8 aromatic carbocycles. The van der Waals surface area contributed by atoms with Gasteiger partial charge in [0.25, 0.3) is 0 Å². The third-order valence-electron chi connectivity index (χ3n) is 10.3. The predicted molar refractivity (Wildman–Crippen MR) is 209 cm³/mol. The maximum atomic E-state index is 6.20. The lowest BCUT2D eigenvalue weighted by Crippen LogP contribution is -1.99. The molecule has 49 heavy (non-hydrogen) atoms. The second-order valence-corrected chi connectivity index (χ2v) is 13.1. The topological polar surface area (TPSA) is 13.1 Å². The van der Waals surface area contributed by atoms with Gasteiger partial charge in [0.1, 0.15) is 11.2 Å². The molecule has 10 rings (SSSR count). The number of hydrogen-bond acceptors (Lipinski definition) is 1. The minimum absolute atomic E-state index is 0.935. The molecule has 0 saturated carbocycles. The van der Waals surface area contributed by atoms with Crippen molar-refractivity contribution in [3.8, 4) is 22.3 Å². The molecule has 1 heteroatoms. The van der Waals surface area contributed by atoms with Crippen LogP contribution in [-0.2, 0) is 0 Å². The van der Waals surface area contributed by atoms with E-state index in [-0.39, 0.29) is 0 Å². The Morgan fingerprint density at radius 3 is 1.80 bits per heavy atom. The second kappa shape index (κ2) is 11.2. The molecule has 0 bridgehead atoms. The first-order valence-corrected chi connectivity index (χ1v) is 17.1. The van der Waals surface area contributed by atoms with Crippen molar-refractivity contribution in [3.05, 3.63) is 181 Å². The SMILES string of the molecule is C1=CC(c2c3ccccc3c(-c3cccc(-c4ccc5ccccc5c4)c3)c3ccccc23)=C(c2ccc3oc4ccccc4c3c2)CC1. The van der Waals surface area contributed by atoms with Gasteiger partial charge in [0.05, 0.1) is 0 Å². The second-order valence-electron chi connectivity index (χ2n) is 13.1. The Balaban J connectivity index is 1.21. The van der Waals surface area contributed by atoms with Crippen molar-refractivity contribution < 1.29 is 4.42 Å². The molecule has 1 heterocycles. The van der Waals surface area contributed by atoms with E-state index in [0.717, 1.165) is 24.0 Å². The van der Waals surface area contributed by atoms with Crippen LogP contribution in [0.1, 0.15) is 24.0 Å². The fraction of sp³-hybridized carbons (Fsp3) is 0.0417. The highest BCUT2D eigenvalue weighted by atomic mass is 16.3. The van der Waals surface area contributed by atoms with E-state index < -0.39 is 0 Å². The van der Waals surface area contributed by atoms with Crippen LogP contribution in [-0.4, -0.2) is 0 Å². The maximum Gasteiger partial charge on any atom is 0.135 e. The van der Waals surface area contributed by atoms with Gasteiger partial charge >= 0.3 is 0 Å². The normalized spacial score (nSPS) is 13.4. The quantitative estimate of drug-likeness (QED) is 0.178. The van der Waals surface area contributed by atoms with Gasteiger partial charge < -0.3 is 4.42 Å². The Labute approximate surface area is 285 Å². The molecule has 0 radical (unpaired) electrons. The number of rotatable bonds is 4. The zero-order chi connectivity index (χ0) is 32.3. The highest BCUT2D eigenvalue weighted by molar-refractivity contribution is 6.22. The summed E-state index contributed by atoms with van der Waals surface area (Å²) in [6.07, 6.45) is 6.73. The van der Waals surface area contributed by atoms with E-state index in [1.807, 2.05) is 6.07 Å². The zero-order valence-corrected chi connectivity index (χ0v) is 27.0. The van der Waals surface area contributed by atoms with Crippen molar-refractivity contribution in [2.45, 2.75) is 12.8 Å². The van der Waals surface area contributed by atoms with Gasteiger partial charge in [0.15, 0.2) is 0 Å². The van der Waals surface area contributed by atoms with Crippen molar-refractivity contribution in [2.24, 2.45) is 0 Å². The minimum atomic E-state index is 0.935. The van der Waals surface area contributed by atoms with Gasteiger partial charge in [0, 0.05) is 10.8 Å². The number of benzene rings is 8. The van der Waals surface area contributed by atoms with Crippen LogP contribution in [0.3, 0.4) is 0 Å². The van der Waals surface area contributed by atoms with Crippen LogP contribution in [0, 0.1) is 0 Å². The molecule has 0 spiro atoms. The average Bonchev–Trinajstić information content (AvgIpc) is 3.55. The van der Waals surface area contributed by atoms with Crippen LogP contribution >= 0.6 is 0 Å². The van der Waals surface area contributed by atoms with E-state index in [1.54, 1.807) is 0 Å². The van der Waals surface area contributed by atoms with E-state index >= 15 is 0 Å². The van der Waals surface area contributed by atoms with Crippen molar-refractivity contribution >= 4 is 65.4 Å². The molecule has 0 saturated heterocycles. The summed E-state index contributed by atoms with van der Waals surface area (Å²) in [7, 11) is 0. The molecule has 1 aromatic heterocycles. The summed E-state index contributed by atoms with van der Waals surface area (Å²) in [6, 6.07) is 57.5. The molecule has 1 aliphatic rings. The first-order chi connectivity index (χ1) is 24.3. The highest BCUT2D eigenvalue weighted by Gasteiger charge is 2.21. The lowest BCUT2D eigenvalue weighted by atomic mass is 9.81.